The van der Waals surface area contributed by atoms with E-state index in [2.05, 4.69) is 16.3 Å². The molecule has 0 saturated carbocycles. The summed E-state index contributed by atoms with van der Waals surface area (Å²) >= 11 is 0. The van der Waals surface area contributed by atoms with Gasteiger partial charge in [0.1, 0.15) is 17.7 Å². The van der Waals surface area contributed by atoms with Crippen LogP contribution in [-0.4, -0.2) is 78.4 Å². The van der Waals surface area contributed by atoms with Crippen molar-refractivity contribution in [1.29, 1.82) is 5.26 Å². The van der Waals surface area contributed by atoms with E-state index in [-0.39, 0.29) is 48.5 Å². The molecule has 0 bridgehead atoms. The molecule has 2 heterocycles. The number of nitrogens with zero attached hydrogens (tertiary/aromatic N) is 4. The SMILES string of the molecule is N#C[C@@H]1CCCN1C(=O)CNCCC(=O)N1CCN(C(c2ccc(F)cc2)c2ccc(F)cc2)CC1. The number of hydrogen-bond acceptors (Lipinski definition) is 5. The van der Waals surface area contributed by atoms with Crippen LogP contribution in [0.5, 0.6) is 0 Å². The molecule has 7 nitrogen and oxygen atoms in total. The molecule has 0 radical (unpaired) electrons. The highest BCUT2D eigenvalue weighted by atomic mass is 19.1. The molecular weight excluding hydrogens is 464 g/mol. The van der Waals surface area contributed by atoms with E-state index >= 15 is 0 Å². The van der Waals surface area contributed by atoms with Gasteiger partial charge in [0.25, 0.3) is 0 Å². The van der Waals surface area contributed by atoms with Gasteiger partial charge in [0, 0.05) is 45.7 Å². The number of piperazine rings is 1. The second-order valence-electron chi connectivity index (χ2n) is 9.22. The Morgan fingerprint density at radius 3 is 2.06 bits per heavy atom. The monoisotopic (exact) mass is 495 g/mol. The number of carbonyl (C=O) groups is 2. The number of halogens is 2. The molecule has 2 aliphatic heterocycles. The Kier molecular flexibility index (Phi) is 8.62. The van der Waals surface area contributed by atoms with E-state index < -0.39 is 0 Å². The zero-order valence-electron chi connectivity index (χ0n) is 20.2. The molecule has 2 aliphatic rings. The molecule has 0 unspecified atom stereocenters. The van der Waals surface area contributed by atoms with Crippen LogP contribution >= 0.6 is 0 Å². The van der Waals surface area contributed by atoms with E-state index in [0.717, 1.165) is 24.0 Å². The van der Waals surface area contributed by atoms with Crippen molar-refractivity contribution in [3.05, 3.63) is 71.3 Å². The Balaban J connectivity index is 1.28. The molecule has 9 heteroatoms. The third kappa shape index (κ3) is 6.25. The number of nitrogens with one attached hydrogen (secondary N) is 1. The Morgan fingerprint density at radius 1 is 0.917 bits per heavy atom. The number of carbonyl (C=O) groups excluding carboxylic acids is 2. The Hall–Kier alpha value is -3.35. The van der Waals surface area contributed by atoms with Crippen LogP contribution in [0.1, 0.15) is 36.4 Å². The first-order chi connectivity index (χ1) is 17.5. The normalized spacial score (nSPS) is 18.4. The number of likely N-dealkylation sites (tertiary alicyclic amines) is 1. The predicted molar refractivity (Wildman–Crippen MR) is 131 cm³/mol. The minimum atomic E-state index is -0.342. The largest absolute Gasteiger partial charge is 0.340 e. The number of nitriles is 1. The lowest BCUT2D eigenvalue weighted by molar-refractivity contribution is -0.134. The molecule has 4 rings (SSSR count). The molecule has 2 aromatic carbocycles. The van der Waals surface area contributed by atoms with Crippen LogP contribution in [0, 0.1) is 23.0 Å². The van der Waals surface area contributed by atoms with E-state index in [0.29, 0.717) is 39.3 Å². The van der Waals surface area contributed by atoms with Crippen molar-refractivity contribution in [3.8, 4) is 6.07 Å². The summed E-state index contributed by atoms with van der Waals surface area (Å²) in [7, 11) is 0. The topological polar surface area (TPSA) is 79.7 Å². The summed E-state index contributed by atoms with van der Waals surface area (Å²) in [5.74, 6) is -0.709. The minimum Gasteiger partial charge on any atom is -0.340 e. The number of rotatable bonds is 8. The van der Waals surface area contributed by atoms with Crippen molar-refractivity contribution in [2.75, 3.05) is 45.8 Å². The van der Waals surface area contributed by atoms with Gasteiger partial charge in [0.15, 0.2) is 0 Å². The van der Waals surface area contributed by atoms with Crippen LogP contribution in [0.4, 0.5) is 8.78 Å². The zero-order valence-corrected chi connectivity index (χ0v) is 20.2. The van der Waals surface area contributed by atoms with Gasteiger partial charge < -0.3 is 15.1 Å². The van der Waals surface area contributed by atoms with Gasteiger partial charge >= 0.3 is 0 Å². The van der Waals surface area contributed by atoms with Crippen molar-refractivity contribution in [3.63, 3.8) is 0 Å². The highest BCUT2D eigenvalue weighted by Gasteiger charge is 2.29. The summed E-state index contributed by atoms with van der Waals surface area (Å²) < 4.78 is 27.1. The Bertz CT molecular complexity index is 1030. The van der Waals surface area contributed by atoms with Crippen LogP contribution < -0.4 is 5.32 Å². The van der Waals surface area contributed by atoms with E-state index in [1.54, 1.807) is 29.2 Å². The summed E-state index contributed by atoms with van der Waals surface area (Å²) in [4.78, 5) is 30.7. The van der Waals surface area contributed by atoms with Gasteiger partial charge in [-0.2, -0.15) is 5.26 Å². The standard InChI is InChI=1S/C27H31F2N5O2/c28-22-7-3-20(4-8-22)27(21-5-9-23(29)10-6-21)33-16-14-32(15-17-33)25(35)11-12-31-19-26(36)34-13-1-2-24(34)18-30/h3-10,24,27,31H,1-2,11-17,19H2/t24-/m0/s1. The van der Waals surface area contributed by atoms with Crippen molar-refractivity contribution < 1.29 is 18.4 Å². The quantitative estimate of drug-likeness (QED) is 0.570. The molecule has 0 spiro atoms. The van der Waals surface area contributed by atoms with Gasteiger partial charge in [-0.25, -0.2) is 8.78 Å². The molecule has 36 heavy (non-hydrogen) atoms. The van der Waals surface area contributed by atoms with Crippen molar-refractivity contribution in [2.24, 2.45) is 0 Å². The smallest absolute Gasteiger partial charge is 0.237 e. The van der Waals surface area contributed by atoms with E-state index in [9.17, 15) is 18.4 Å². The van der Waals surface area contributed by atoms with Gasteiger partial charge in [0.2, 0.25) is 11.8 Å². The second kappa shape index (κ2) is 12.1. The molecule has 0 aromatic heterocycles. The first kappa shape index (κ1) is 25.7. The molecule has 1 N–H and O–H groups in total. The fraction of sp³-hybridized carbons (Fsp3) is 0.444. The molecule has 2 aromatic rings. The lowest BCUT2D eigenvalue weighted by atomic mass is 9.96. The molecule has 0 aliphatic carbocycles. The van der Waals surface area contributed by atoms with E-state index in [1.807, 2.05) is 4.90 Å². The number of hydrogen-bond donors (Lipinski definition) is 1. The lowest BCUT2D eigenvalue weighted by Crippen LogP contribution is -2.50. The number of benzene rings is 2. The Labute approximate surface area is 210 Å². The van der Waals surface area contributed by atoms with E-state index in [4.69, 9.17) is 5.26 Å². The fourth-order valence-electron chi connectivity index (χ4n) is 4.98. The van der Waals surface area contributed by atoms with Crippen molar-refractivity contribution in [2.45, 2.75) is 31.3 Å². The average molecular weight is 496 g/mol. The highest BCUT2D eigenvalue weighted by molar-refractivity contribution is 5.79. The van der Waals surface area contributed by atoms with Gasteiger partial charge in [-0.3, -0.25) is 14.5 Å². The first-order valence-electron chi connectivity index (χ1n) is 12.4. The third-order valence-corrected chi connectivity index (χ3v) is 6.92. The maximum absolute atomic E-state index is 13.5. The molecule has 2 amide bonds. The molecule has 2 fully saturated rings. The summed E-state index contributed by atoms with van der Waals surface area (Å²) in [5.41, 5.74) is 1.82. The maximum Gasteiger partial charge on any atom is 0.237 e. The molecule has 2 saturated heterocycles. The predicted octanol–water partition coefficient (Wildman–Crippen LogP) is 2.69. The molecule has 190 valence electrons. The van der Waals surface area contributed by atoms with Gasteiger partial charge in [-0.15, -0.1) is 0 Å². The third-order valence-electron chi connectivity index (χ3n) is 6.92. The fourth-order valence-corrected chi connectivity index (χ4v) is 4.98. The lowest BCUT2D eigenvalue weighted by Gasteiger charge is -2.40. The van der Waals surface area contributed by atoms with Gasteiger partial charge in [0.05, 0.1) is 18.7 Å². The second-order valence-corrected chi connectivity index (χ2v) is 9.22. The molecular formula is C27H31F2N5O2. The Morgan fingerprint density at radius 2 is 1.50 bits per heavy atom. The van der Waals surface area contributed by atoms with Crippen molar-refractivity contribution in [1.82, 2.24) is 20.0 Å². The highest BCUT2D eigenvalue weighted by Crippen LogP contribution is 2.30. The van der Waals surface area contributed by atoms with Crippen LogP contribution in [0.15, 0.2) is 48.5 Å². The summed E-state index contributed by atoms with van der Waals surface area (Å²) in [6, 6.07) is 14.3. The summed E-state index contributed by atoms with van der Waals surface area (Å²) in [5, 5.41) is 12.2. The van der Waals surface area contributed by atoms with Crippen LogP contribution in [0.25, 0.3) is 0 Å². The zero-order chi connectivity index (χ0) is 25.5. The average Bonchev–Trinajstić information content (AvgIpc) is 3.38. The van der Waals surface area contributed by atoms with E-state index in [1.165, 1.54) is 24.3 Å². The first-order valence-corrected chi connectivity index (χ1v) is 12.4. The van der Waals surface area contributed by atoms with Crippen LogP contribution in [-0.2, 0) is 9.59 Å². The summed E-state index contributed by atoms with van der Waals surface area (Å²) in [6.45, 7) is 3.48. The van der Waals surface area contributed by atoms with Gasteiger partial charge in [-0.05, 0) is 48.2 Å². The molecule has 1 atom stereocenters. The van der Waals surface area contributed by atoms with Crippen molar-refractivity contribution >= 4 is 11.8 Å². The van der Waals surface area contributed by atoms with Crippen LogP contribution in [0.2, 0.25) is 0 Å². The van der Waals surface area contributed by atoms with Crippen LogP contribution in [0.3, 0.4) is 0 Å². The minimum absolute atomic E-state index is 0.0192. The van der Waals surface area contributed by atoms with Gasteiger partial charge in [-0.1, -0.05) is 24.3 Å². The number of amides is 2. The summed E-state index contributed by atoms with van der Waals surface area (Å²) in [6.07, 6.45) is 1.85. The maximum atomic E-state index is 13.5.